The van der Waals surface area contributed by atoms with Crippen molar-refractivity contribution < 1.29 is 13.2 Å². The number of halogens is 1. The summed E-state index contributed by atoms with van der Waals surface area (Å²) in [6.07, 6.45) is 1.68. The third-order valence-electron chi connectivity index (χ3n) is 5.53. The van der Waals surface area contributed by atoms with Crippen LogP contribution in [0.2, 0.25) is 5.02 Å². The molecular formula is C21H18ClN5O3S. The van der Waals surface area contributed by atoms with E-state index >= 15 is 0 Å². The van der Waals surface area contributed by atoms with Gasteiger partial charge in [-0.1, -0.05) is 23.7 Å². The molecule has 2 aromatic carbocycles. The molecule has 3 heterocycles. The maximum Gasteiger partial charge on any atom is 0.261 e. The Kier molecular flexibility index (Phi) is 4.88. The molecule has 2 atom stereocenters. The number of hydrogen-bond donors (Lipinski definition) is 3. The molecular weight excluding hydrogens is 438 g/mol. The van der Waals surface area contributed by atoms with Gasteiger partial charge in [0, 0.05) is 34.4 Å². The van der Waals surface area contributed by atoms with E-state index in [1.54, 1.807) is 54.7 Å². The number of anilines is 1. The summed E-state index contributed by atoms with van der Waals surface area (Å²) in [6, 6.07) is 13.0. The second-order valence-electron chi connectivity index (χ2n) is 7.48. The van der Waals surface area contributed by atoms with E-state index < -0.39 is 10.0 Å². The summed E-state index contributed by atoms with van der Waals surface area (Å²) in [6.45, 7) is 0.813. The molecule has 0 radical (unpaired) electrons. The molecule has 1 saturated heterocycles. The molecule has 0 saturated carbocycles. The molecule has 10 heteroatoms. The number of ketones is 1. The summed E-state index contributed by atoms with van der Waals surface area (Å²) in [5.41, 5.74) is 2.85. The lowest BCUT2D eigenvalue weighted by Crippen LogP contribution is -2.48. The summed E-state index contributed by atoms with van der Waals surface area (Å²) in [7, 11) is -3.77. The molecule has 1 fully saturated rings. The molecule has 2 unspecified atom stereocenters. The van der Waals surface area contributed by atoms with Crippen LogP contribution >= 0.6 is 11.6 Å². The average molecular weight is 456 g/mol. The number of H-pyrrole nitrogens is 1. The second kappa shape index (κ2) is 7.60. The number of nitrogens with one attached hydrogen (secondary N) is 3. The zero-order valence-electron chi connectivity index (χ0n) is 16.2. The van der Waals surface area contributed by atoms with Crippen molar-refractivity contribution >= 4 is 44.6 Å². The number of aromatic amines is 1. The Balaban J connectivity index is 1.47. The Hall–Kier alpha value is -3.01. The van der Waals surface area contributed by atoms with Crippen molar-refractivity contribution in [2.45, 2.75) is 10.8 Å². The molecule has 3 N–H and O–H groups in total. The van der Waals surface area contributed by atoms with Gasteiger partial charge in [-0.25, -0.2) is 13.4 Å². The van der Waals surface area contributed by atoms with Crippen molar-refractivity contribution in [3.8, 4) is 0 Å². The standard InChI is InChI=1S/C21H18ClN5O3S/c22-13-3-5-14(6-4-13)27-31(29,30)15-7-1-12(2-8-15)19-16-9-24-26-21(16)25-17-10-23-11-18(28)20(17)19/h1-9,19-20,23,27H,10-11H2,(H,24,26). The number of fused-ring (bicyclic) bond motifs is 2. The first-order chi connectivity index (χ1) is 14.9. The van der Waals surface area contributed by atoms with Gasteiger partial charge >= 0.3 is 0 Å². The first-order valence-electron chi connectivity index (χ1n) is 9.65. The minimum absolute atomic E-state index is 0.0583. The van der Waals surface area contributed by atoms with Crippen LogP contribution in [0.5, 0.6) is 0 Å². The molecule has 8 nitrogen and oxygen atoms in total. The molecule has 1 aromatic heterocycles. The highest BCUT2D eigenvalue weighted by atomic mass is 35.5. The van der Waals surface area contributed by atoms with Gasteiger partial charge in [-0.15, -0.1) is 0 Å². The lowest BCUT2D eigenvalue weighted by Gasteiger charge is -2.34. The van der Waals surface area contributed by atoms with Crippen molar-refractivity contribution in [1.29, 1.82) is 0 Å². The van der Waals surface area contributed by atoms with E-state index in [9.17, 15) is 13.2 Å². The third-order valence-corrected chi connectivity index (χ3v) is 7.18. The number of carbonyl (C=O) groups excluding carboxylic acids is 1. The molecule has 2 aliphatic rings. The van der Waals surface area contributed by atoms with E-state index in [4.69, 9.17) is 11.6 Å². The van der Waals surface area contributed by atoms with Crippen LogP contribution in [0.3, 0.4) is 0 Å². The zero-order valence-corrected chi connectivity index (χ0v) is 17.7. The molecule has 3 aromatic rings. The Morgan fingerprint density at radius 3 is 2.48 bits per heavy atom. The van der Waals surface area contributed by atoms with Gasteiger partial charge < -0.3 is 5.32 Å². The van der Waals surface area contributed by atoms with Crippen molar-refractivity contribution in [3.05, 3.63) is 70.9 Å². The number of sulfonamides is 1. The topological polar surface area (TPSA) is 116 Å². The minimum Gasteiger partial charge on any atom is -0.305 e. The largest absolute Gasteiger partial charge is 0.305 e. The highest BCUT2D eigenvalue weighted by Gasteiger charge is 2.41. The number of carbonyl (C=O) groups is 1. The Bertz CT molecular complexity index is 1280. The van der Waals surface area contributed by atoms with Crippen LogP contribution < -0.4 is 10.0 Å². The lowest BCUT2D eigenvalue weighted by atomic mass is 9.74. The number of aliphatic imine (C=N–C) groups is 1. The normalized spacial score (nSPS) is 20.5. The van der Waals surface area contributed by atoms with Crippen molar-refractivity contribution in [2.75, 3.05) is 17.8 Å². The summed E-state index contributed by atoms with van der Waals surface area (Å²) < 4.78 is 28.1. The number of hydrogen-bond acceptors (Lipinski definition) is 6. The second-order valence-corrected chi connectivity index (χ2v) is 9.60. The van der Waals surface area contributed by atoms with Crippen LogP contribution in [-0.4, -0.2) is 43.2 Å². The van der Waals surface area contributed by atoms with Crippen molar-refractivity contribution in [1.82, 2.24) is 15.5 Å². The smallest absolute Gasteiger partial charge is 0.261 e. The van der Waals surface area contributed by atoms with Crippen molar-refractivity contribution in [2.24, 2.45) is 10.9 Å². The van der Waals surface area contributed by atoms with E-state index in [0.717, 1.165) is 16.8 Å². The third kappa shape index (κ3) is 3.65. The van der Waals surface area contributed by atoms with Gasteiger partial charge in [0.25, 0.3) is 10.0 Å². The number of piperidine rings is 1. The van der Waals surface area contributed by atoms with Crippen LogP contribution in [0.4, 0.5) is 11.5 Å². The number of nitrogens with zero attached hydrogens (tertiary/aromatic N) is 2. The zero-order chi connectivity index (χ0) is 21.6. The van der Waals surface area contributed by atoms with E-state index in [2.05, 4.69) is 25.2 Å². The fourth-order valence-corrected chi connectivity index (χ4v) is 5.28. The van der Waals surface area contributed by atoms with Gasteiger partial charge in [0.05, 0.1) is 23.6 Å². The fraction of sp³-hybridized carbons (Fsp3) is 0.190. The molecule has 0 bridgehead atoms. The van der Waals surface area contributed by atoms with Crippen LogP contribution in [0.15, 0.2) is 64.6 Å². The summed E-state index contributed by atoms with van der Waals surface area (Å²) >= 11 is 5.86. The van der Waals surface area contributed by atoms with E-state index in [-0.39, 0.29) is 29.1 Å². The summed E-state index contributed by atoms with van der Waals surface area (Å²) in [4.78, 5) is 17.4. The number of aromatic nitrogens is 2. The molecule has 158 valence electrons. The van der Waals surface area contributed by atoms with Crippen LogP contribution in [-0.2, 0) is 14.8 Å². The SMILES string of the molecule is O=C1CNCC2=Nc3[nH]ncc3C(c3ccc(S(=O)(=O)Nc4ccc(Cl)cc4)cc3)C12. The first kappa shape index (κ1) is 19.9. The fourth-order valence-electron chi connectivity index (χ4n) is 4.09. The number of benzene rings is 2. The Morgan fingerprint density at radius 1 is 1.00 bits per heavy atom. The van der Waals surface area contributed by atoms with E-state index in [1.807, 2.05) is 0 Å². The van der Waals surface area contributed by atoms with E-state index in [0.29, 0.717) is 23.1 Å². The highest BCUT2D eigenvalue weighted by molar-refractivity contribution is 7.92. The van der Waals surface area contributed by atoms with Crippen LogP contribution in [0.25, 0.3) is 0 Å². The number of Topliss-reactive ketones (excluding diaryl/α,β-unsaturated/α-hetero) is 1. The van der Waals surface area contributed by atoms with Crippen LogP contribution in [0.1, 0.15) is 17.0 Å². The van der Waals surface area contributed by atoms with Gasteiger partial charge in [0.2, 0.25) is 0 Å². The molecule has 31 heavy (non-hydrogen) atoms. The first-order valence-corrected chi connectivity index (χ1v) is 11.5. The lowest BCUT2D eigenvalue weighted by molar-refractivity contribution is -0.120. The monoisotopic (exact) mass is 455 g/mol. The summed E-state index contributed by atoms with van der Waals surface area (Å²) in [5.74, 6) is 0.0367. The Labute approximate surface area is 183 Å². The molecule has 0 spiro atoms. The molecule has 0 aliphatic carbocycles. The quantitative estimate of drug-likeness (QED) is 0.559. The molecule has 5 rings (SSSR count). The van der Waals surface area contributed by atoms with Crippen LogP contribution in [0, 0.1) is 5.92 Å². The van der Waals surface area contributed by atoms with Gasteiger partial charge in [0.15, 0.2) is 11.6 Å². The minimum atomic E-state index is -3.77. The van der Waals surface area contributed by atoms with E-state index in [1.165, 1.54) is 0 Å². The maximum absolute atomic E-state index is 12.8. The van der Waals surface area contributed by atoms with Gasteiger partial charge in [-0.05, 0) is 42.0 Å². The summed E-state index contributed by atoms with van der Waals surface area (Å²) in [5, 5.41) is 10.6. The van der Waals surface area contributed by atoms with Gasteiger partial charge in [-0.3, -0.25) is 14.6 Å². The van der Waals surface area contributed by atoms with Gasteiger partial charge in [0.1, 0.15) is 0 Å². The molecule has 0 amide bonds. The highest BCUT2D eigenvalue weighted by Crippen LogP contribution is 2.42. The molecule has 2 aliphatic heterocycles. The predicted molar refractivity (Wildman–Crippen MR) is 118 cm³/mol. The van der Waals surface area contributed by atoms with Crippen molar-refractivity contribution in [3.63, 3.8) is 0 Å². The maximum atomic E-state index is 12.8. The predicted octanol–water partition coefficient (Wildman–Crippen LogP) is 2.87. The average Bonchev–Trinajstić information content (AvgIpc) is 3.22. The Morgan fingerprint density at radius 2 is 1.74 bits per heavy atom. The van der Waals surface area contributed by atoms with Gasteiger partial charge in [-0.2, -0.15) is 5.10 Å². The number of rotatable bonds is 4.